The fourth-order valence-corrected chi connectivity index (χ4v) is 2.68. The lowest BCUT2D eigenvalue weighted by molar-refractivity contribution is -0.143. The fourth-order valence-electron chi connectivity index (χ4n) is 1.69. The van der Waals surface area contributed by atoms with Gasteiger partial charge in [0.15, 0.2) is 0 Å². The quantitative estimate of drug-likeness (QED) is 0.589. The maximum atomic E-state index is 12.0. The molecular formula is C16H16ClNO3S. The van der Waals surface area contributed by atoms with E-state index < -0.39 is 0 Å². The van der Waals surface area contributed by atoms with Crippen molar-refractivity contribution in [1.29, 1.82) is 0 Å². The Labute approximate surface area is 138 Å². The number of carbonyl (C=O) groups excluding carboxylic acids is 1. The molecule has 0 aliphatic rings. The maximum Gasteiger partial charge on any atom is 0.319 e. The van der Waals surface area contributed by atoms with Gasteiger partial charge in [-0.05, 0) is 37.3 Å². The molecule has 0 aliphatic carbocycles. The van der Waals surface area contributed by atoms with E-state index in [1.807, 2.05) is 19.1 Å². The van der Waals surface area contributed by atoms with E-state index in [0.717, 1.165) is 10.5 Å². The summed E-state index contributed by atoms with van der Waals surface area (Å²) in [6, 6.07) is 9.14. The number of aromatic nitrogens is 1. The van der Waals surface area contributed by atoms with Crippen molar-refractivity contribution in [2.45, 2.75) is 23.7 Å². The Morgan fingerprint density at radius 2 is 2.05 bits per heavy atom. The van der Waals surface area contributed by atoms with E-state index >= 15 is 0 Å². The van der Waals surface area contributed by atoms with Gasteiger partial charge >= 0.3 is 5.97 Å². The monoisotopic (exact) mass is 337 g/mol. The lowest BCUT2D eigenvalue weighted by Gasteiger charge is -2.11. The highest BCUT2D eigenvalue weighted by Gasteiger charge is 2.16. The van der Waals surface area contributed by atoms with E-state index in [0.29, 0.717) is 10.8 Å². The predicted octanol–water partition coefficient (Wildman–Crippen LogP) is 3.97. The van der Waals surface area contributed by atoms with Crippen molar-refractivity contribution < 1.29 is 14.3 Å². The van der Waals surface area contributed by atoms with Gasteiger partial charge < -0.3 is 9.47 Å². The first-order chi connectivity index (χ1) is 10.6. The summed E-state index contributed by atoms with van der Waals surface area (Å²) >= 11 is 7.27. The van der Waals surface area contributed by atoms with Gasteiger partial charge in [-0.25, -0.2) is 0 Å². The summed E-state index contributed by atoms with van der Waals surface area (Å²) in [5.74, 6) is 0.361. The van der Waals surface area contributed by atoms with Gasteiger partial charge in [-0.2, -0.15) is 0 Å². The van der Waals surface area contributed by atoms with Crippen LogP contribution in [0.3, 0.4) is 0 Å². The number of esters is 1. The van der Waals surface area contributed by atoms with Crippen LogP contribution < -0.4 is 4.74 Å². The third-order valence-electron chi connectivity index (χ3n) is 2.85. The van der Waals surface area contributed by atoms with Crippen LogP contribution >= 0.6 is 23.4 Å². The summed E-state index contributed by atoms with van der Waals surface area (Å²) in [7, 11) is 1.57. The maximum absolute atomic E-state index is 12.0. The molecule has 0 saturated heterocycles. The lowest BCUT2D eigenvalue weighted by atomic mass is 10.3. The highest BCUT2D eigenvalue weighted by Crippen LogP contribution is 2.25. The molecule has 0 N–H and O–H groups in total. The third kappa shape index (κ3) is 4.93. The Bertz CT molecular complexity index is 634. The lowest BCUT2D eigenvalue weighted by Crippen LogP contribution is -2.16. The summed E-state index contributed by atoms with van der Waals surface area (Å²) in [5.41, 5.74) is 0.788. The SMILES string of the molecule is COc1cncc(COC(=O)C(C)Sc2ccc(Cl)cc2)c1. The van der Waals surface area contributed by atoms with Gasteiger partial charge in [0, 0.05) is 21.7 Å². The number of hydrogen-bond donors (Lipinski definition) is 0. The molecule has 1 unspecified atom stereocenters. The second kappa shape index (κ2) is 8.06. The second-order valence-electron chi connectivity index (χ2n) is 4.55. The van der Waals surface area contributed by atoms with Crippen LogP contribution in [0.5, 0.6) is 5.75 Å². The Hall–Kier alpha value is -1.72. The van der Waals surface area contributed by atoms with Crippen molar-refractivity contribution in [2.75, 3.05) is 7.11 Å². The van der Waals surface area contributed by atoms with Crippen molar-refractivity contribution >= 4 is 29.3 Å². The Morgan fingerprint density at radius 3 is 2.73 bits per heavy atom. The summed E-state index contributed by atoms with van der Waals surface area (Å²) in [6.45, 7) is 1.99. The van der Waals surface area contributed by atoms with Gasteiger partial charge in [0.25, 0.3) is 0 Å². The van der Waals surface area contributed by atoms with Crippen LogP contribution in [0.25, 0.3) is 0 Å². The first-order valence-corrected chi connectivity index (χ1v) is 7.91. The van der Waals surface area contributed by atoms with Crippen LogP contribution in [0.4, 0.5) is 0 Å². The molecule has 4 nitrogen and oxygen atoms in total. The smallest absolute Gasteiger partial charge is 0.319 e. The van der Waals surface area contributed by atoms with Crippen LogP contribution in [-0.2, 0) is 16.1 Å². The van der Waals surface area contributed by atoms with E-state index in [9.17, 15) is 4.79 Å². The van der Waals surface area contributed by atoms with Gasteiger partial charge in [0.05, 0.1) is 13.3 Å². The zero-order chi connectivity index (χ0) is 15.9. The summed E-state index contributed by atoms with van der Waals surface area (Å²) in [5, 5.41) is 0.366. The van der Waals surface area contributed by atoms with Gasteiger partial charge in [-0.15, -0.1) is 11.8 Å². The molecule has 0 saturated carbocycles. The molecule has 22 heavy (non-hydrogen) atoms. The van der Waals surface area contributed by atoms with Crippen molar-refractivity contribution in [3.63, 3.8) is 0 Å². The van der Waals surface area contributed by atoms with Gasteiger partial charge in [0.1, 0.15) is 17.6 Å². The van der Waals surface area contributed by atoms with Gasteiger partial charge in [-0.3, -0.25) is 9.78 Å². The molecule has 1 atom stereocenters. The molecule has 0 spiro atoms. The molecule has 6 heteroatoms. The van der Waals surface area contributed by atoms with Crippen LogP contribution in [0.1, 0.15) is 12.5 Å². The molecule has 116 valence electrons. The molecule has 0 radical (unpaired) electrons. The average Bonchev–Trinajstić information content (AvgIpc) is 2.54. The zero-order valence-corrected chi connectivity index (χ0v) is 13.9. The van der Waals surface area contributed by atoms with Crippen LogP contribution in [0.15, 0.2) is 47.6 Å². The topological polar surface area (TPSA) is 48.4 Å². The first-order valence-electron chi connectivity index (χ1n) is 6.65. The molecule has 0 fully saturated rings. The van der Waals surface area contributed by atoms with Gasteiger partial charge in [-0.1, -0.05) is 11.6 Å². The van der Waals surface area contributed by atoms with E-state index in [1.54, 1.807) is 37.7 Å². The van der Waals surface area contributed by atoms with Gasteiger partial charge in [0.2, 0.25) is 0 Å². The molecule has 1 aromatic carbocycles. The number of nitrogens with zero attached hydrogens (tertiary/aromatic N) is 1. The van der Waals surface area contributed by atoms with Crippen LogP contribution in [-0.4, -0.2) is 23.3 Å². The number of benzene rings is 1. The molecule has 1 aromatic heterocycles. The molecular weight excluding hydrogens is 322 g/mol. The standard InChI is InChI=1S/C16H16ClNO3S/c1-11(22-15-5-3-13(17)4-6-15)16(19)21-10-12-7-14(20-2)9-18-8-12/h3-9,11H,10H2,1-2H3. The molecule has 1 heterocycles. The third-order valence-corrected chi connectivity index (χ3v) is 4.19. The summed E-state index contributed by atoms with van der Waals surface area (Å²) < 4.78 is 10.4. The minimum Gasteiger partial charge on any atom is -0.495 e. The average molecular weight is 338 g/mol. The van der Waals surface area contributed by atoms with E-state index in [2.05, 4.69) is 4.98 Å². The predicted molar refractivity (Wildman–Crippen MR) is 87.4 cm³/mol. The Kier molecular flexibility index (Phi) is 6.10. The largest absolute Gasteiger partial charge is 0.495 e. The highest BCUT2D eigenvalue weighted by molar-refractivity contribution is 8.00. The summed E-state index contributed by atoms with van der Waals surface area (Å²) in [4.78, 5) is 17.0. The second-order valence-corrected chi connectivity index (χ2v) is 6.41. The molecule has 2 rings (SSSR count). The summed E-state index contributed by atoms with van der Waals surface area (Å²) in [6.07, 6.45) is 3.25. The Balaban J connectivity index is 1.86. The van der Waals surface area contributed by atoms with E-state index in [-0.39, 0.29) is 17.8 Å². The van der Waals surface area contributed by atoms with Crippen molar-refractivity contribution in [1.82, 2.24) is 4.98 Å². The molecule has 0 bridgehead atoms. The van der Waals surface area contributed by atoms with Crippen LogP contribution in [0.2, 0.25) is 5.02 Å². The van der Waals surface area contributed by atoms with E-state index in [4.69, 9.17) is 21.1 Å². The number of thioether (sulfide) groups is 1. The molecule has 0 amide bonds. The molecule has 0 aliphatic heterocycles. The highest BCUT2D eigenvalue weighted by atomic mass is 35.5. The van der Waals surface area contributed by atoms with Crippen LogP contribution in [0, 0.1) is 0 Å². The minimum absolute atomic E-state index is 0.175. The number of ether oxygens (including phenoxy) is 2. The number of halogens is 1. The fraction of sp³-hybridized carbons (Fsp3) is 0.250. The van der Waals surface area contributed by atoms with Crippen molar-refractivity contribution in [3.8, 4) is 5.75 Å². The number of methoxy groups -OCH3 is 1. The zero-order valence-electron chi connectivity index (χ0n) is 12.3. The number of pyridine rings is 1. The number of hydrogen-bond acceptors (Lipinski definition) is 5. The first kappa shape index (κ1) is 16.6. The normalized spacial score (nSPS) is 11.8. The number of rotatable bonds is 6. The van der Waals surface area contributed by atoms with E-state index in [1.165, 1.54) is 11.8 Å². The molecule has 2 aromatic rings. The van der Waals surface area contributed by atoms with Crippen molar-refractivity contribution in [3.05, 3.63) is 53.3 Å². The Morgan fingerprint density at radius 1 is 1.32 bits per heavy atom. The minimum atomic E-state index is -0.306. The van der Waals surface area contributed by atoms with Crippen molar-refractivity contribution in [2.24, 2.45) is 0 Å². The number of carbonyl (C=O) groups is 1.